The summed E-state index contributed by atoms with van der Waals surface area (Å²) in [6.45, 7) is 1.35. The van der Waals surface area contributed by atoms with Crippen LogP contribution in [0.1, 0.15) is 12.0 Å². The third-order valence-electron chi connectivity index (χ3n) is 4.98. The van der Waals surface area contributed by atoms with Crippen LogP contribution in [-0.2, 0) is 21.2 Å². The first-order valence-electron chi connectivity index (χ1n) is 8.01. The zero-order valence-corrected chi connectivity index (χ0v) is 14.8. The molecule has 0 N–H and O–H groups in total. The lowest BCUT2D eigenvalue weighted by atomic mass is 9.84. The van der Waals surface area contributed by atoms with Gasteiger partial charge in [0.2, 0.25) is 0 Å². The Labute approximate surface area is 142 Å². The summed E-state index contributed by atoms with van der Waals surface area (Å²) in [5.74, 6) is 0.114. The van der Waals surface area contributed by atoms with Gasteiger partial charge in [0.15, 0.2) is 9.84 Å². The second-order valence-electron chi connectivity index (χ2n) is 6.78. The van der Waals surface area contributed by atoms with E-state index in [4.69, 9.17) is 4.74 Å². The second kappa shape index (κ2) is 6.33. The lowest BCUT2D eigenvalue weighted by Gasteiger charge is -2.50. The van der Waals surface area contributed by atoms with Gasteiger partial charge < -0.3 is 14.5 Å². The largest absolute Gasteiger partial charge is 0.376 e. The number of hydrogen-bond donors (Lipinski definition) is 0. The Hall–Kier alpha value is -1.67. The first-order valence-corrected chi connectivity index (χ1v) is 9.66. The summed E-state index contributed by atoms with van der Waals surface area (Å²) in [4.78, 5) is 19.1. The lowest BCUT2D eigenvalue weighted by molar-refractivity contribution is 0.0321. The van der Waals surface area contributed by atoms with Crippen LogP contribution in [-0.4, -0.2) is 73.5 Å². The van der Waals surface area contributed by atoms with E-state index in [9.17, 15) is 13.2 Å². The van der Waals surface area contributed by atoms with Gasteiger partial charge in [0.1, 0.15) is 4.75 Å². The number of sulfone groups is 1. The Morgan fingerprint density at radius 3 is 2.83 bits per heavy atom. The first kappa shape index (κ1) is 17.2. The van der Waals surface area contributed by atoms with Crippen LogP contribution in [0.25, 0.3) is 0 Å². The van der Waals surface area contributed by atoms with Crippen LogP contribution in [0, 0.1) is 5.92 Å². The Bertz CT molecular complexity index is 699. The van der Waals surface area contributed by atoms with Crippen molar-refractivity contribution in [3.05, 3.63) is 30.1 Å². The summed E-state index contributed by atoms with van der Waals surface area (Å²) in [6, 6.07) is 3.63. The van der Waals surface area contributed by atoms with Crippen molar-refractivity contribution in [1.82, 2.24) is 14.8 Å². The van der Waals surface area contributed by atoms with E-state index in [1.54, 1.807) is 31.4 Å². The van der Waals surface area contributed by atoms with Crippen molar-refractivity contribution in [2.24, 2.45) is 5.92 Å². The number of nitrogens with zero attached hydrogens (tertiary/aromatic N) is 3. The Morgan fingerprint density at radius 2 is 2.21 bits per heavy atom. The maximum atomic E-state index is 12.5. The summed E-state index contributed by atoms with van der Waals surface area (Å²) >= 11 is 0. The molecule has 0 saturated carbocycles. The van der Waals surface area contributed by atoms with Crippen LogP contribution in [0.3, 0.4) is 0 Å². The average molecular weight is 353 g/mol. The molecule has 3 rings (SSSR count). The molecule has 24 heavy (non-hydrogen) atoms. The first-order chi connectivity index (χ1) is 11.4. The summed E-state index contributed by atoms with van der Waals surface area (Å²) in [7, 11) is 0.152. The average Bonchev–Trinajstić information content (AvgIpc) is 2.77. The number of aromatic nitrogens is 1. The fourth-order valence-corrected chi connectivity index (χ4v) is 5.93. The highest BCUT2D eigenvalue weighted by atomic mass is 32.2. The number of rotatable bonds is 4. The van der Waals surface area contributed by atoms with Gasteiger partial charge in [-0.05, 0) is 18.1 Å². The number of carbonyl (C=O) groups excluding carboxylic acids is 1. The minimum absolute atomic E-state index is 0.0645. The van der Waals surface area contributed by atoms with Crippen molar-refractivity contribution >= 4 is 15.9 Å². The molecule has 0 radical (unpaired) electrons. The van der Waals surface area contributed by atoms with Gasteiger partial charge >= 0.3 is 6.03 Å². The normalized spacial score (nSPS) is 23.9. The number of likely N-dealkylation sites (tertiary alicyclic amines) is 1. The molecule has 0 aromatic carbocycles. The van der Waals surface area contributed by atoms with E-state index in [-0.39, 0.29) is 30.8 Å². The van der Waals surface area contributed by atoms with E-state index in [1.807, 2.05) is 12.1 Å². The summed E-state index contributed by atoms with van der Waals surface area (Å²) < 4.78 is 30.0. The van der Waals surface area contributed by atoms with Gasteiger partial charge in [-0.15, -0.1) is 0 Å². The molecule has 132 valence electrons. The minimum atomic E-state index is -3.19. The van der Waals surface area contributed by atoms with Crippen LogP contribution < -0.4 is 0 Å². The molecule has 2 saturated heterocycles. The monoisotopic (exact) mass is 353 g/mol. The molecule has 8 heteroatoms. The van der Waals surface area contributed by atoms with Gasteiger partial charge in [0.05, 0.1) is 19.0 Å². The Balaban J connectivity index is 1.62. The fourth-order valence-electron chi connectivity index (χ4n) is 3.53. The molecule has 0 bridgehead atoms. The van der Waals surface area contributed by atoms with Crippen LogP contribution in [0.15, 0.2) is 24.5 Å². The van der Waals surface area contributed by atoms with Crippen LogP contribution in [0.5, 0.6) is 0 Å². The molecule has 2 fully saturated rings. The molecule has 0 unspecified atom stereocenters. The molecule has 1 aromatic rings. The van der Waals surface area contributed by atoms with Crippen LogP contribution in [0.2, 0.25) is 0 Å². The number of pyridine rings is 1. The van der Waals surface area contributed by atoms with Crippen molar-refractivity contribution in [2.75, 3.05) is 39.5 Å². The highest BCUT2D eigenvalue weighted by Crippen LogP contribution is 2.45. The van der Waals surface area contributed by atoms with Crippen molar-refractivity contribution in [3.8, 4) is 0 Å². The third kappa shape index (κ3) is 2.88. The number of hydrogen-bond acceptors (Lipinski definition) is 5. The Morgan fingerprint density at radius 1 is 1.46 bits per heavy atom. The molecule has 7 nitrogen and oxygen atoms in total. The molecule has 0 aliphatic carbocycles. The number of amides is 2. The smallest absolute Gasteiger partial charge is 0.319 e. The van der Waals surface area contributed by atoms with Crippen molar-refractivity contribution in [1.29, 1.82) is 0 Å². The predicted octanol–water partition coefficient (Wildman–Crippen LogP) is 0.769. The third-order valence-corrected chi connectivity index (χ3v) is 7.58. The van der Waals surface area contributed by atoms with E-state index < -0.39 is 14.6 Å². The molecule has 1 atom stereocenters. The van der Waals surface area contributed by atoms with Crippen LogP contribution in [0.4, 0.5) is 4.79 Å². The zero-order chi connectivity index (χ0) is 17.4. The number of urea groups is 1. The molecule has 1 aromatic heterocycles. The van der Waals surface area contributed by atoms with E-state index in [2.05, 4.69) is 4.98 Å². The van der Waals surface area contributed by atoms with Gasteiger partial charge in [-0.25, -0.2) is 13.2 Å². The number of carbonyl (C=O) groups is 1. The predicted molar refractivity (Wildman–Crippen MR) is 89.2 cm³/mol. The van der Waals surface area contributed by atoms with Gasteiger partial charge in [0, 0.05) is 45.5 Å². The maximum Gasteiger partial charge on any atom is 0.319 e. The summed E-state index contributed by atoms with van der Waals surface area (Å²) in [5, 5.41) is 0. The Kier molecular flexibility index (Phi) is 4.52. The lowest BCUT2D eigenvalue weighted by Crippen LogP contribution is -2.69. The zero-order valence-electron chi connectivity index (χ0n) is 14.0. The van der Waals surface area contributed by atoms with E-state index in [1.165, 1.54) is 4.90 Å². The van der Waals surface area contributed by atoms with Gasteiger partial charge in [-0.1, -0.05) is 6.07 Å². The van der Waals surface area contributed by atoms with E-state index >= 15 is 0 Å². The molecule has 2 aliphatic rings. The van der Waals surface area contributed by atoms with Crippen molar-refractivity contribution in [3.63, 3.8) is 0 Å². The fraction of sp³-hybridized carbons (Fsp3) is 0.625. The standard InChI is InChI=1S/C16H23N3O4S/c1-18(2)15(20)19-11-16(12-19)14(5-7-24(16,21)22)10-23-9-13-4-3-6-17-8-13/h3-4,6,8,14H,5,7,9-12H2,1-2H3/t14-/m0/s1. The highest BCUT2D eigenvalue weighted by molar-refractivity contribution is 7.93. The quantitative estimate of drug-likeness (QED) is 0.799. The molecular formula is C16H23N3O4S. The topological polar surface area (TPSA) is 79.8 Å². The second-order valence-corrected chi connectivity index (χ2v) is 9.23. The van der Waals surface area contributed by atoms with Gasteiger partial charge in [-0.2, -0.15) is 0 Å². The number of ether oxygens (including phenoxy) is 1. The highest BCUT2D eigenvalue weighted by Gasteiger charge is 2.62. The molecule has 2 amide bonds. The minimum Gasteiger partial charge on any atom is -0.376 e. The molecule has 2 aliphatic heterocycles. The van der Waals surface area contributed by atoms with Gasteiger partial charge in [-0.3, -0.25) is 4.98 Å². The maximum absolute atomic E-state index is 12.5. The summed E-state index contributed by atoms with van der Waals surface area (Å²) in [6.07, 6.45) is 4.04. The van der Waals surface area contributed by atoms with Gasteiger partial charge in [0.25, 0.3) is 0 Å². The summed E-state index contributed by atoms with van der Waals surface area (Å²) in [5.41, 5.74) is 0.963. The SMILES string of the molecule is CN(C)C(=O)N1CC2(C1)[C@H](COCc1cccnc1)CCS2(=O)=O. The van der Waals surface area contributed by atoms with E-state index in [0.29, 0.717) is 19.6 Å². The molecular weight excluding hydrogens is 330 g/mol. The van der Waals surface area contributed by atoms with E-state index in [0.717, 1.165) is 5.56 Å². The van der Waals surface area contributed by atoms with Crippen LogP contribution >= 0.6 is 0 Å². The molecule has 3 heterocycles. The van der Waals surface area contributed by atoms with Crippen molar-refractivity contribution in [2.45, 2.75) is 17.8 Å². The van der Waals surface area contributed by atoms with Crippen molar-refractivity contribution < 1.29 is 17.9 Å². The molecule has 1 spiro atoms.